The smallest absolute Gasteiger partial charge is 0.315 e. The van der Waals surface area contributed by atoms with Gasteiger partial charge in [0.15, 0.2) is 9.84 Å². The Morgan fingerprint density at radius 3 is 2.34 bits per heavy atom. The van der Waals surface area contributed by atoms with Crippen molar-refractivity contribution in [1.29, 1.82) is 0 Å². The van der Waals surface area contributed by atoms with E-state index < -0.39 is 45.6 Å². The van der Waals surface area contributed by atoms with Crippen LogP contribution in [-0.2, 0) is 19.4 Å². The molecule has 0 aromatic heterocycles. The standard InChI is InChI=1S/C23H28N2O5S2/c1-5-30-22(26)20-19(13-32(28,29)18-11-6-14(2)15(3)12-18)24-23(27)25-21(20)16-7-9-17(31-4)10-8-16/h6-12,19-21H,5,13H2,1-4H3,(H2,24,25,27). The molecule has 1 aliphatic rings. The molecular weight excluding hydrogens is 448 g/mol. The summed E-state index contributed by atoms with van der Waals surface area (Å²) in [6.45, 7) is 5.59. The molecule has 0 spiro atoms. The first-order chi connectivity index (χ1) is 15.2. The van der Waals surface area contributed by atoms with Crippen molar-refractivity contribution in [2.24, 2.45) is 5.92 Å². The van der Waals surface area contributed by atoms with E-state index in [-0.39, 0.29) is 11.5 Å². The van der Waals surface area contributed by atoms with Crippen molar-refractivity contribution in [2.75, 3.05) is 18.6 Å². The Morgan fingerprint density at radius 2 is 1.75 bits per heavy atom. The highest BCUT2D eigenvalue weighted by Crippen LogP contribution is 2.32. The second kappa shape index (κ2) is 9.95. The summed E-state index contributed by atoms with van der Waals surface area (Å²) in [5, 5.41) is 5.42. The molecule has 0 radical (unpaired) electrons. The van der Waals surface area contributed by atoms with E-state index in [2.05, 4.69) is 10.6 Å². The van der Waals surface area contributed by atoms with Crippen LogP contribution in [0.1, 0.15) is 29.7 Å². The molecule has 3 rings (SSSR count). The number of ether oxygens (including phenoxy) is 1. The lowest BCUT2D eigenvalue weighted by Gasteiger charge is -2.38. The van der Waals surface area contributed by atoms with E-state index in [0.717, 1.165) is 16.0 Å². The second-order valence-electron chi connectivity index (χ2n) is 7.78. The molecule has 9 heteroatoms. The van der Waals surface area contributed by atoms with Gasteiger partial charge in [0.05, 0.1) is 29.3 Å². The van der Waals surface area contributed by atoms with E-state index in [1.54, 1.807) is 36.9 Å². The topological polar surface area (TPSA) is 102 Å². The lowest BCUT2D eigenvalue weighted by Crippen LogP contribution is -2.60. The molecule has 1 fully saturated rings. The molecule has 3 unspecified atom stereocenters. The van der Waals surface area contributed by atoms with Gasteiger partial charge in [0, 0.05) is 4.90 Å². The van der Waals surface area contributed by atoms with E-state index in [9.17, 15) is 18.0 Å². The monoisotopic (exact) mass is 476 g/mol. The minimum absolute atomic E-state index is 0.151. The normalized spacial score (nSPS) is 20.9. The maximum atomic E-state index is 13.2. The molecule has 3 atom stereocenters. The Kier molecular flexibility index (Phi) is 7.51. The number of esters is 1. The number of carbonyl (C=O) groups excluding carboxylic acids is 2. The Morgan fingerprint density at radius 1 is 1.06 bits per heavy atom. The summed E-state index contributed by atoms with van der Waals surface area (Å²) in [5.74, 6) is -1.88. The van der Waals surface area contributed by atoms with Gasteiger partial charge >= 0.3 is 12.0 Å². The molecule has 0 aliphatic carbocycles. The third-order valence-corrected chi connectivity index (χ3v) is 8.18. The van der Waals surface area contributed by atoms with E-state index in [1.807, 2.05) is 44.4 Å². The lowest BCUT2D eigenvalue weighted by molar-refractivity contribution is -0.150. The summed E-state index contributed by atoms with van der Waals surface area (Å²) in [5.41, 5.74) is 2.55. The molecule has 0 bridgehead atoms. The van der Waals surface area contributed by atoms with E-state index in [1.165, 1.54) is 0 Å². The fourth-order valence-electron chi connectivity index (χ4n) is 3.79. The largest absolute Gasteiger partial charge is 0.466 e. The van der Waals surface area contributed by atoms with Crippen LogP contribution >= 0.6 is 11.8 Å². The number of urea groups is 1. The number of hydrogen-bond acceptors (Lipinski definition) is 6. The number of nitrogens with one attached hydrogen (secondary N) is 2. The summed E-state index contributed by atoms with van der Waals surface area (Å²) < 4.78 is 31.7. The van der Waals surface area contributed by atoms with Gasteiger partial charge in [0.1, 0.15) is 5.92 Å². The van der Waals surface area contributed by atoms with Gasteiger partial charge in [-0.15, -0.1) is 11.8 Å². The van der Waals surface area contributed by atoms with Crippen molar-refractivity contribution in [3.63, 3.8) is 0 Å². The van der Waals surface area contributed by atoms with Crippen molar-refractivity contribution in [1.82, 2.24) is 10.6 Å². The number of aryl methyl sites for hydroxylation is 2. The minimum Gasteiger partial charge on any atom is -0.466 e. The average molecular weight is 477 g/mol. The highest BCUT2D eigenvalue weighted by atomic mass is 32.2. The number of benzene rings is 2. The predicted molar refractivity (Wildman–Crippen MR) is 125 cm³/mol. The Hall–Kier alpha value is -2.52. The van der Waals surface area contributed by atoms with Crippen LogP contribution in [0.25, 0.3) is 0 Å². The van der Waals surface area contributed by atoms with E-state index in [4.69, 9.17) is 4.74 Å². The summed E-state index contributed by atoms with van der Waals surface area (Å²) in [4.78, 5) is 26.6. The first-order valence-corrected chi connectivity index (χ1v) is 13.2. The first kappa shape index (κ1) is 24.1. The molecule has 2 N–H and O–H groups in total. The number of thioether (sulfide) groups is 1. The van der Waals surface area contributed by atoms with Crippen LogP contribution in [0.5, 0.6) is 0 Å². The molecule has 2 amide bonds. The molecule has 1 saturated heterocycles. The van der Waals surface area contributed by atoms with Gasteiger partial charge in [0.2, 0.25) is 0 Å². The van der Waals surface area contributed by atoms with Crippen molar-refractivity contribution in [3.05, 3.63) is 59.2 Å². The Labute approximate surface area is 193 Å². The van der Waals surface area contributed by atoms with Crippen molar-refractivity contribution in [2.45, 2.75) is 42.6 Å². The zero-order chi connectivity index (χ0) is 23.5. The van der Waals surface area contributed by atoms with Crippen molar-refractivity contribution >= 4 is 33.6 Å². The molecule has 0 saturated carbocycles. The van der Waals surface area contributed by atoms with Crippen LogP contribution < -0.4 is 10.6 Å². The number of sulfone groups is 1. The van der Waals surface area contributed by atoms with Crippen LogP contribution in [0.15, 0.2) is 52.3 Å². The predicted octanol–water partition coefficient (Wildman–Crippen LogP) is 3.40. The molecule has 1 aliphatic heterocycles. The van der Waals surface area contributed by atoms with Crippen LogP contribution in [0.3, 0.4) is 0 Å². The maximum absolute atomic E-state index is 13.2. The van der Waals surface area contributed by atoms with Gasteiger partial charge in [-0.05, 0) is 68.0 Å². The lowest BCUT2D eigenvalue weighted by atomic mass is 9.86. The average Bonchev–Trinajstić information content (AvgIpc) is 2.75. The van der Waals surface area contributed by atoms with Gasteiger partial charge in [-0.1, -0.05) is 18.2 Å². The van der Waals surface area contributed by atoms with Gasteiger partial charge < -0.3 is 15.4 Å². The third-order valence-electron chi connectivity index (χ3n) is 5.67. The number of amides is 2. The second-order valence-corrected chi connectivity index (χ2v) is 10.7. The summed E-state index contributed by atoms with van der Waals surface area (Å²) in [6, 6.07) is 10.2. The summed E-state index contributed by atoms with van der Waals surface area (Å²) in [7, 11) is -3.77. The Balaban J connectivity index is 1.98. The van der Waals surface area contributed by atoms with Crippen LogP contribution in [0.2, 0.25) is 0 Å². The fraction of sp³-hybridized carbons (Fsp3) is 0.391. The summed E-state index contributed by atoms with van der Waals surface area (Å²) in [6.07, 6.45) is 1.95. The van der Waals surface area contributed by atoms with E-state index in [0.29, 0.717) is 5.56 Å². The highest BCUT2D eigenvalue weighted by molar-refractivity contribution is 7.98. The minimum atomic E-state index is -3.77. The van der Waals surface area contributed by atoms with E-state index >= 15 is 0 Å². The summed E-state index contributed by atoms with van der Waals surface area (Å²) >= 11 is 1.58. The third kappa shape index (κ3) is 5.27. The molecular formula is C23H28N2O5S2. The number of hydrogen-bond donors (Lipinski definition) is 2. The Bertz CT molecular complexity index is 1100. The van der Waals surface area contributed by atoms with Gasteiger partial charge in [-0.3, -0.25) is 4.79 Å². The molecule has 2 aromatic rings. The quantitative estimate of drug-likeness (QED) is 0.469. The van der Waals surface area contributed by atoms with Gasteiger partial charge in [-0.25, -0.2) is 13.2 Å². The number of carbonyl (C=O) groups is 2. The van der Waals surface area contributed by atoms with Crippen LogP contribution in [-0.4, -0.2) is 45.1 Å². The van der Waals surface area contributed by atoms with Crippen LogP contribution in [0.4, 0.5) is 4.79 Å². The van der Waals surface area contributed by atoms with Crippen molar-refractivity contribution in [3.8, 4) is 0 Å². The SMILES string of the molecule is CCOC(=O)C1C(CS(=O)(=O)c2ccc(C)c(C)c2)NC(=O)NC1c1ccc(SC)cc1. The van der Waals surface area contributed by atoms with Crippen LogP contribution in [0, 0.1) is 19.8 Å². The molecule has 2 aromatic carbocycles. The van der Waals surface area contributed by atoms with Gasteiger partial charge in [-0.2, -0.15) is 0 Å². The zero-order valence-corrected chi connectivity index (χ0v) is 20.2. The zero-order valence-electron chi connectivity index (χ0n) is 18.5. The van der Waals surface area contributed by atoms with Gasteiger partial charge in [0.25, 0.3) is 0 Å². The number of rotatable bonds is 7. The molecule has 1 heterocycles. The maximum Gasteiger partial charge on any atom is 0.315 e. The molecule has 7 nitrogen and oxygen atoms in total. The first-order valence-electron chi connectivity index (χ1n) is 10.3. The molecule has 32 heavy (non-hydrogen) atoms. The molecule has 172 valence electrons. The fourth-order valence-corrected chi connectivity index (χ4v) is 5.79. The van der Waals surface area contributed by atoms with Crippen molar-refractivity contribution < 1.29 is 22.7 Å². The highest BCUT2D eigenvalue weighted by Gasteiger charge is 2.45.